The van der Waals surface area contributed by atoms with E-state index >= 15 is 0 Å². The van der Waals surface area contributed by atoms with E-state index in [0.717, 1.165) is 28.8 Å². The average Bonchev–Trinajstić information content (AvgIpc) is 3.08. The van der Waals surface area contributed by atoms with Crippen LogP contribution >= 0.6 is 11.6 Å². The highest BCUT2D eigenvalue weighted by molar-refractivity contribution is 6.39. The molecule has 0 spiro atoms. The van der Waals surface area contributed by atoms with Gasteiger partial charge in [0.25, 0.3) is 5.91 Å². The minimum Gasteiger partial charge on any atom is -0.497 e. The molecule has 1 fully saturated rings. The van der Waals surface area contributed by atoms with Gasteiger partial charge < -0.3 is 19.3 Å². The summed E-state index contributed by atoms with van der Waals surface area (Å²) in [7, 11) is 2.03. The largest absolute Gasteiger partial charge is 0.497 e. The lowest BCUT2D eigenvalue weighted by molar-refractivity contribution is 0.0719. The minimum atomic E-state index is -0.309. The number of pyridine rings is 1. The summed E-state index contributed by atoms with van der Waals surface area (Å²) in [5.74, 6) is 0.682. The Kier molecular flexibility index (Phi) is 7.92. The van der Waals surface area contributed by atoms with Crippen LogP contribution in [-0.2, 0) is 4.74 Å². The zero-order valence-corrected chi connectivity index (χ0v) is 21.8. The third-order valence-corrected chi connectivity index (χ3v) is 7.78. The molecule has 0 saturated carbocycles. The predicted octanol–water partition coefficient (Wildman–Crippen LogP) is 4.88. The average molecular weight is 510 g/mol. The smallest absolute Gasteiger partial charge is 0.409 e. The number of rotatable bonds is 5. The lowest BCUT2D eigenvalue weighted by Gasteiger charge is -2.27. The second-order valence-electron chi connectivity index (χ2n) is 8.36. The van der Waals surface area contributed by atoms with Gasteiger partial charge in [0.1, 0.15) is 5.75 Å². The molecule has 1 aliphatic heterocycles. The van der Waals surface area contributed by atoms with E-state index in [1.54, 1.807) is 24.1 Å². The fourth-order valence-corrected chi connectivity index (χ4v) is 5.46. The maximum Gasteiger partial charge on any atom is 0.409 e. The van der Waals surface area contributed by atoms with Crippen LogP contribution in [0.15, 0.2) is 48.5 Å². The van der Waals surface area contributed by atoms with E-state index in [1.165, 1.54) is 0 Å². The van der Waals surface area contributed by atoms with Gasteiger partial charge in [-0.1, -0.05) is 24.6 Å². The summed E-state index contributed by atoms with van der Waals surface area (Å²) in [6.45, 7) is 5.29. The molecule has 9 heteroatoms. The summed E-state index contributed by atoms with van der Waals surface area (Å²) in [5, 5.41) is 1.36. The number of amides is 2. The van der Waals surface area contributed by atoms with Crippen LogP contribution in [0, 0.1) is 0 Å². The summed E-state index contributed by atoms with van der Waals surface area (Å²) < 4.78 is 10.5. The van der Waals surface area contributed by atoms with Crippen LogP contribution in [0.2, 0.25) is 5.02 Å². The number of methoxy groups -OCH3 is 1. The first-order valence-electron chi connectivity index (χ1n) is 11.6. The lowest BCUT2D eigenvalue weighted by atomic mass is 10.1. The molecule has 1 unspecified atom stereocenters. The lowest BCUT2D eigenvalue weighted by Crippen LogP contribution is -2.42. The number of halogens is 1. The molecule has 0 bridgehead atoms. The van der Waals surface area contributed by atoms with E-state index in [-0.39, 0.29) is 17.7 Å². The van der Waals surface area contributed by atoms with Gasteiger partial charge in [-0.15, -0.1) is 0 Å². The van der Waals surface area contributed by atoms with Crippen LogP contribution in [-0.4, -0.2) is 74.9 Å². The van der Waals surface area contributed by atoms with E-state index < -0.39 is 0 Å². The van der Waals surface area contributed by atoms with Crippen molar-refractivity contribution in [1.29, 1.82) is 0 Å². The van der Waals surface area contributed by atoms with Gasteiger partial charge >= 0.3 is 6.09 Å². The van der Waals surface area contributed by atoms with Gasteiger partial charge in [-0.2, -0.15) is 0 Å². The number of hydrogen-bond donors (Lipinski definition) is 0. The Morgan fingerprint density at radius 2 is 1.91 bits per heavy atom. The number of nitrogens with zero attached hydrogens (tertiary/aromatic N) is 3. The molecule has 7 nitrogen and oxygen atoms in total. The van der Waals surface area contributed by atoms with Crippen LogP contribution in [0.1, 0.15) is 30.6 Å². The van der Waals surface area contributed by atoms with Crippen molar-refractivity contribution >= 4 is 44.0 Å². The molecule has 1 atom stereocenters. The van der Waals surface area contributed by atoms with Crippen molar-refractivity contribution < 1.29 is 19.1 Å². The van der Waals surface area contributed by atoms with Crippen molar-refractivity contribution in [3.63, 3.8) is 0 Å². The van der Waals surface area contributed by atoms with Gasteiger partial charge in [0, 0.05) is 41.4 Å². The van der Waals surface area contributed by atoms with Crippen LogP contribution in [0.25, 0.3) is 22.2 Å². The molecule has 2 aromatic carbocycles. The highest BCUT2D eigenvalue weighted by Gasteiger charge is 2.29. The number of carbonyl (C=O) groups excluding carboxylic acids is 2. The van der Waals surface area contributed by atoms with Crippen LogP contribution in [0.4, 0.5) is 4.79 Å². The summed E-state index contributed by atoms with van der Waals surface area (Å²) in [6, 6.07) is 14.9. The topological polar surface area (TPSA) is 72.0 Å². The van der Waals surface area contributed by atoms with Gasteiger partial charge in [0.2, 0.25) is 0 Å². The van der Waals surface area contributed by atoms with Crippen molar-refractivity contribution in [2.45, 2.75) is 25.9 Å². The monoisotopic (exact) mass is 509 g/mol. The third kappa shape index (κ3) is 5.60. The molecule has 2 heterocycles. The normalized spacial score (nSPS) is 16.2. The second-order valence-corrected chi connectivity index (χ2v) is 10.3. The summed E-state index contributed by atoms with van der Waals surface area (Å²) in [5.41, 5.74) is 2.85. The molecule has 2 radical (unpaired) electrons. The molecular weight excluding hydrogens is 482 g/mol. The first-order chi connectivity index (χ1) is 16.9. The molecule has 182 valence electrons. The second kappa shape index (κ2) is 11.1. The maximum absolute atomic E-state index is 13.5. The quantitative estimate of drug-likeness (QED) is 0.458. The van der Waals surface area contributed by atoms with Gasteiger partial charge in [-0.3, -0.25) is 4.79 Å². The Bertz CT molecular complexity index is 1220. The summed E-state index contributed by atoms with van der Waals surface area (Å²) in [6.07, 6.45) is 1.06. The fraction of sp³-hybridized carbons (Fsp3) is 0.346. The number of hydrogen-bond acceptors (Lipinski definition) is 5. The molecule has 35 heavy (non-hydrogen) atoms. The van der Waals surface area contributed by atoms with Crippen LogP contribution in [0.3, 0.4) is 0 Å². The maximum atomic E-state index is 13.5. The van der Waals surface area contributed by atoms with Gasteiger partial charge in [0.05, 0.1) is 39.5 Å². The van der Waals surface area contributed by atoms with Crippen molar-refractivity contribution in [3.8, 4) is 17.0 Å². The van der Waals surface area contributed by atoms with Crippen LogP contribution in [0.5, 0.6) is 5.75 Å². The highest BCUT2D eigenvalue weighted by atomic mass is 35.5. The van der Waals surface area contributed by atoms with E-state index in [9.17, 15) is 9.59 Å². The summed E-state index contributed by atoms with van der Waals surface area (Å²) in [4.78, 5) is 34.1. The third-order valence-electron chi connectivity index (χ3n) is 6.00. The van der Waals surface area contributed by atoms with Gasteiger partial charge in [-0.25, -0.2) is 9.78 Å². The molecule has 1 saturated heterocycles. The first-order valence-corrected chi connectivity index (χ1v) is 13.3. The molecule has 4 rings (SSSR count). The SMILES string of the molecule is CCCOC(=O)N1CCN(C(=O)c2ccc3c(Cl)cc(-c4ccc(OC)cc4)nc3c2)C(C)[Si]C1. The van der Waals surface area contributed by atoms with Crippen molar-refractivity contribution in [3.05, 3.63) is 59.1 Å². The zero-order valence-electron chi connectivity index (χ0n) is 20.1. The zero-order chi connectivity index (χ0) is 24.9. The Labute approximate surface area is 212 Å². The number of benzene rings is 2. The van der Waals surface area contributed by atoms with E-state index in [0.29, 0.717) is 51.5 Å². The van der Waals surface area contributed by atoms with Crippen LogP contribution < -0.4 is 4.74 Å². The molecule has 0 N–H and O–H groups in total. The van der Waals surface area contributed by atoms with E-state index in [2.05, 4.69) is 0 Å². The number of aromatic nitrogens is 1. The standard InChI is InChI=1S/C26H28ClN3O4Si/c1-4-13-34-26(32)29-11-12-30(17(2)35-16-29)25(31)19-7-10-21-22(27)15-23(28-24(21)14-19)18-5-8-20(33-3)9-6-18/h5-10,14-15,17H,4,11-13,16H2,1-3H3. The molecule has 1 aromatic heterocycles. The molecular formula is C26H28ClN3O4Si. The predicted molar refractivity (Wildman–Crippen MR) is 138 cm³/mol. The van der Waals surface area contributed by atoms with E-state index in [4.69, 9.17) is 26.1 Å². The Hall–Kier alpha value is -3.10. The van der Waals surface area contributed by atoms with Crippen molar-refractivity contribution in [2.75, 3.05) is 33.0 Å². The Morgan fingerprint density at radius 3 is 2.63 bits per heavy atom. The number of carbonyl (C=O) groups is 2. The first kappa shape index (κ1) is 25.0. The molecule has 3 aromatic rings. The van der Waals surface area contributed by atoms with E-state index in [1.807, 2.05) is 55.1 Å². The molecule has 2 amide bonds. The molecule has 1 aliphatic rings. The van der Waals surface area contributed by atoms with Gasteiger partial charge in [0.15, 0.2) is 0 Å². The molecule has 0 aliphatic carbocycles. The highest BCUT2D eigenvalue weighted by Crippen LogP contribution is 2.30. The van der Waals surface area contributed by atoms with Gasteiger partial charge in [-0.05, 0) is 55.8 Å². The Balaban J connectivity index is 1.57. The number of ether oxygens (including phenoxy) is 2. The minimum absolute atomic E-state index is 0.0179. The van der Waals surface area contributed by atoms with Crippen molar-refractivity contribution in [1.82, 2.24) is 14.8 Å². The van der Waals surface area contributed by atoms with Crippen molar-refractivity contribution in [2.24, 2.45) is 0 Å². The Morgan fingerprint density at radius 1 is 1.14 bits per heavy atom. The number of fused-ring (bicyclic) bond motifs is 1. The summed E-state index contributed by atoms with van der Waals surface area (Å²) >= 11 is 6.57. The fourth-order valence-electron chi connectivity index (χ4n) is 3.96.